The summed E-state index contributed by atoms with van der Waals surface area (Å²) in [6.07, 6.45) is 5.02. The summed E-state index contributed by atoms with van der Waals surface area (Å²) in [5.74, 6) is 1.72. The average molecular weight is 382 g/mol. The first-order valence-corrected chi connectivity index (χ1v) is 9.52. The number of carbonyl (C=O) groups is 1. The van der Waals surface area contributed by atoms with Gasteiger partial charge in [-0.15, -0.1) is 11.3 Å². The standard InChI is InChI=1S/C19H18N4O3S/c1-25-13-4-6-14(7-5-13)26-18-10-20-9-15(22-18)17-3-2-8-23(17)19(24)16-11-27-12-21-16/h4-7,9-12,17H,2-3,8H2,1H3/t17-/m1/s1. The van der Waals surface area contributed by atoms with Gasteiger partial charge >= 0.3 is 0 Å². The van der Waals surface area contributed by atoms with Gasteiger partial charge in [0, 0.05) is 11.9 Å². The maximum absolute atomic E-state index is 12.7. The first-order valence-electron chi connectivity index (χ1n) is 8.57. The van der Waals surface area contributed by atoms with E-state index < -0.39 is 0 Å². The molecule has 7 nitrogen and oxygen atoms in total. The average Bonchev–Trinajstić information content (AvgIpc) is 3.40. The van der Waals surface area contributed by atoms with Crippen LogP contribution in [0.5, 0.6) is 17.4 Å². The van der Waals surface area contributed by atoms with E-state index in [9.17, 15) is 4.79 Å². The lowest BCUT2D eigenvalue weighted by Gasteiger charge is -2.23. The number of hydrogen-bond donors (Lipinski definition) is 0. The van der Waals surface area contributed by atoms with Gasteiger partial charge in [-0.2, -0.15) is 0 Å². The van der Waals surface area contributed by atoms with E-state index in [1.807, 2.05) is 17.0 Å². The number of methoxy groups -OCH3 is 1. The van der Waals surface area contributed by atoms with Crippen molar-refractivity contribution in [3.05, 3.63) is 58.9 Å². The molecule has 8 heteroatoms. The number of nitrogens with zero attached hydrogens (tertiary/aromatic N) is 4. The summed E-state index contributed by atoms with van der Waals surface area (Å²) in [4.78, 5) is 27.5. The number of rotatable bonds is 5. The van der Waals surface area contributed by atoms with Crippen LogP contribution in [0.4, 0.5) is 0 Å². The molecule has 0 saturated carbocycles. The zero-order valence-electron chi connectivity index (χ0n) is 14.7. The van der Waals surface area contributed by atoms with E-state index in [0.717, 1.165) is 24.3 Å². The van der Waals surface area contributed by atoms with Crippen molar-refractivity contribution in [3.63, 3.8) is 0 Å². The maximum Gasteiger partial charge on any atom is 0.273 e. The molecule has 27 heavy (non-hydrogen) atoms. The van der Waals surface area contributed by atoms with Crippen LogP contribution in [0.1, 0.15) is 35.1 Å². The van der Waals surface area contributed by atoms with E-state index in [1.54, 1.807) is 42.5 Å². The largest absolute Gasteiger partial charge is 0.497 e. The quantitative estimate of drug-likeness (QED) is 0.669. The fraction of sp³-hybridized carbons (Fsp3) is 0.263. The van der Waals surface area contributed by atoms with E-state index in [-0.39, 0.29) is 11.9 Å². The van der Waals surface area contributed by atoms with Crippen LogP contribution in [0, 0.1) is 0 Å². The molecular formula is C19H18N4O3S. The fourth-order valence-electron chi connectivity index (χ4n) is 3.12. The molecule has 0 spiro atoms. The normalized spacial score (nSPS) is 16.3. The summed E-state index contributed by atoms with van der Waals surface area (Å²) in [7, 11) is 1.62. The molecule has 138 valence electrons. The molecule has 2 aromatic heterocycles. The molecule has 0 bridgehead atoms. The zero-order valence-corrected chi connectivity index (χ0v) is 15.6. The van der Waals surface area contributed by atoms with Crippen LogP contribution in [0.3, 0.4) is 0 Å². The summed E-state index contributed by atoms with van der Waals surface area (Å²) in [5, 5.41) is 1.77. The second-order valence-corrected chi connectivity index (χ2v) is 6.81. The Morgan fingerprint density at radius 3 is 2.78 bits per heavy atom. The van der Waals surface area contributed by atoms with Gasteiger partial charge in [-0.25, -0.2) is 9.97 Å². The molecule has 3 heterocycles. The highest BCUT2D eigenvalue weighted by Gasteiger charge is 2.32. The highest BCUT2D eigenvalue weighted by atomic mass is 32.1. The van der Waals surface area contributed by atoms with Crippen molar-refractivity contribution in [2.45, 2.75) is 18.9 Å². The van der Waals surface area contributed by atoms with Crippen LogP contribution in [0.15, 0.2) is 47.5 Å². The summed E-state index contributed by atoms with van der Waals surface area (Å²) >= 11 is 1.41. The Balaban J connectivity index is 1.53. The van der Waals surface area contributed by atoms with Crippen LogP contribution in [-0.4, -0.2) is 39.4 Å². The molecule has 1 fully saturated rings. The molecule has 0 unspecified atom stereocenters. The molecule has 4 rings (SSSR count). The molecule has 1 aromatic carbocycles. The van der Waals surface area contributed by atoms with Crippen molar-refractivity contribution >= 4 is 17.2 Å². The number of carbonyl (C=O) groups excluding carboxylic acids is 1. The summed E-state index contributed by atoms with van der Waals surface area (Å²) in [6, 6.07) is 7.13. The SMILES string of the molecule is COc1ccc(Oc2cncc([C@H]3CCCN3C(=O)c3cscn3)n2)cc1. The number of hydrogen-bond acceptors (Lipinski definition) is 7. The number of amides is 1. The topological polar surface area (TPSA) is 77.4 Å². The number of ether oxygens (including phenoxy) is 2. The second kappa shape index (κ2) is 7.71. The van der Waals surface area contributed by atoms with Crippen molar-refractivity contribution in [1.82, 2.24) is 19.9 Å². The Morgan fingerprint density at radius 1 is 1.22 bits per heavy atom. The van der Waals surface area contributed by atoms with Gasteiger partial charge in [0.05, 0.1) is 36.7 Å². The molecule has 1 amide bonds. The molecule has 1 atom stereocenters. The summed E-state index contributed by atoms with van der Waals surface area (Å²) < 4.78 is 10.9. The Labute approximate surface area is 160 Å². The predicted octanol–water partition coefficient (Wildman–Crippen LogP) is 3.71. The highest BCUT2D eigenvalue weighted by Crippen LogP contribution is 2.33. The fourth-order valence-corrected chi connectivity index (χ4v) is 3.65. The molecular weight excluding hydrogens is 364 g/mol. The van der Waals surface area contributed by atoms with Gasteiger partial charge in [0.2, 0.25) is 5.88 Å². The summed E-state index contributed by atoms with van der Waals surface area (Å²) in [5.41, 5.74) is 2.87. The Hall–Kier alpha value is -3.00. The summed E-state index contributed by atoms with van der Waals surface area (Å²) in [6.45, 7) is 0.687. The number of aromatic nitrogens is 3. The first kappa shape index (κ1) is 17.4. The molecule has 1 saturated heterocycles. The van der Waals surface area contributed by atoms with E-state index in [0.29, 0.717) is 23.9 Å². The van der Waals surface area contributed by atoms with Gasteiger partial charge in [-0.05, 0) is 37.1 Å². The highest BCUT2D eigenvalue weighted by molar-refractivity contribution is 7.07. The molecule has 0 radical (unpaired) electrons. The molecule has 0 aliphatic carbocycles. The molecule has 1 aliphatic heterocycles. The monoisotopic (exact) mass is 382 g/mol. The van der Waals surface area contributed by atoms with Crippen molar-refractivity contribution < 1.29 is 14.3 Å². The lowest BCUT2D eigenvalue weighted by Crippen LogP contribution is -2.31. The minimum absolute atomic E-state index is 0.0676. The Bertz CT molecular complexity index is 915. The van der Waals surface area contributed by atoms with E-state index in [4.69, 9.17) is 9.47 Å². The molecule has 0 N–H and O–H groups in total. The zero-order chi connectivity index (χ0) is 18.6. The number of benzene rings is 1. The lowest BCUT2D eigenvalue weighted by molar-refractivity contribution is 0.0727. The first-order chi connectivity index (χ1) is 13.2. The number of likely N-dealkylation sites (tertiary alicyclic amines) is 1. The van der Waals surface area contributed by atoms with Gasteiger partial charge in [0.25, 0.3) is 5.91 Å². The van der Waals surface area contributed by atoms with Crippen molar-refractivity contribution in [2.24, 2.45) is 0 Å². The third-order valence-corrected chi connectivity index (χ3v) is 5.01. The maximum atomic E-state index is 12.7. The minimum atomic E-state index is -0.119. The van der Waals surface area contributed by atoms with Crippen molar-refractivity contribution in [3.8, 4) is 17.4 Å². The Kier molecular flexibility index (Phi) is 4.97. The third kappa shape index (κ3) is 3.75. The second-order valence-electron chi connectivity index (χ2n) is 6.09. The molecule has 3 aromatic rings. The van der Waals surface area contributed by atoms with E-state index in [1.165, 1.54) is 11.3 Å². The minimum Gasteiger partial charge on any atom is -0.497 e. The van der Waals surface area contributed by atoms with E-state index in [2.05, 4.69) is 15.0 Å². The van der Waals surface area contributed by atoms with E-state index >= 15 is 0 Å². The van der Waals surface area contributed by atoms with Crippen LogP contribution in [-0.2, 0) is 0 Å². The van der Waals surface area contributed by atoms with Crippen LogP contribution in [0.25, 0.3) is 0 Å². The van der Waals surface area contributed by atoms with Gasteiger partial charge in [-0.1, -0.05) is 0 Å². The van der Waals surface area contributed by atoms with Gasteiger partial charge in [0.1, 0.15) is 17.2 Å². The van der Waals surface area contributed by atoms with Crippen LogP contribution < -0.4 is 9.47 Å². The number of thiazole rings is 1. The van der Waals surface area contributed by atoms with Gasteiger partial charge in [0.15, 0.2) is 0 Å². The molecule has 1 aliphatic rings. The predicted molar refractivity (Wildman–Crippen MR) is 100 cm³/mol. The lowest BCUT2D eigenvalue weighted by atomic mass is 10.1. The van der Waals surface area contributed by atoms with Crippen molar-refractivity contribution in [2.75, 3.05) is 13.7 Å². The smallest absolute Gasteiger partial charge is 0.273 e. The van der Waals surface area contributed by atoms with Gasteiger partial charge in [-0.3, -0.25) is 9.78 Å². The third-order valence-electron chi connectivity index (χ3n) is 4.42. The van der Waals surface area contributed by atoms with Crippen molar-refractivity contribution in [1.29, 1.82) is 0 Å². The van der Waals surface area contributed by atoms with Crippen LogP contribution >= 0.6 is 11.3 Å². The van der Waals surface area contributed by atoms with Gasteiger partial charge < -0.3 is 14.4 Å². The Morgan fingerprint density at radius 2 is 2.04 bits per heavy atom. The van der Waals surface area contributed by atoms with Crippen LogP contribution in [0.2, 0.25) is 0 Å².